The highest BCUT2D eigenvalue weighted by atomic mass is 32.1. The van der Waals surface area contributed by atoms with E-state index >= 15 is 0 Å². The summed E-state index contributed by atoms with van der Waals surface area (Å²) < 4.78 is 0. The van der Waals surface area contributed by atoms with Crippen LogP contribution in [0.4, 0.5) is 0 Å². The van der Waals surface area contributed by atoms with E-state index in [0.717, 1.165) is 17.0 Å². The predicted octanol–water partition coefficient (Wildman–Crippen LogP) is 2.32. The molecular formula is C15H20N2OS. The summed E-state index contributed by atoms with van der Waals surface area (Å²) in [7, 11) is 0. The summed E-state index contributed by atoms with van der Waals surface area (Å²) >= 11 is 1.47. The Kier molecular flexibility index (Phi) is 4.62. The van der Waals surface area contributed by atoms with Gasteiger partial charge in [0.1, 0.15) is 4.88 Å². The Hall–Kier alpha value is -1.31. The minimum Gasteiger partial charge on any atom is -0.335 e. The van der Waals surface area contributed by atoms with Gasteiger partial charge in [-0.1, -0.05) is 11.8 Å². The quantitative estimate of drug-likeness (QED) is 0.858. The number of rotatable bonds is 4. The molecule has 19 heavy (non-hydrogen) atoms. The van der Waals surface area contributed by atoms with Crippen molar-refractivity contribution in [3.05, 3.63) is 21.9 Å². The van der Waals surface area contributed by atoms with Crippen molar-refractivity contribution in [2.75, 3.05) is 13.1 Å². The summed E-state index contributed by atoms with van der Waals surface area (Å²) in [5, 5.41) is 1.92. The number of thiophene rings is 1. The van der Waals surface area contributed by atoms with E-state index in [-0.39, 0.29) is 11.9 Å². The molecule has 0 spiro atoms. The molecule has 0 aromatic carbocycles. The fourth-order valence-electron chi connectivity index (χ4n) is 1.96. The first-order chi connectivity index (χ1) is 9.13. The van der Waals surface area contributed by atoms with Crippen LogP contribution in [0.3, 0.4) is 0 Å². The first-order valence-electron chi connectivity index (χ1n) is 6.71. The summed E-state index contributed by atoms with van der Waals surface area (Å²) in [6, 6.07) is 2.13. The number of nitrogens with two attached hydrogens (primary N) is 1. The predicted molar refractivity (Wildman–Crippen MR) is 79.1 cm³/mol. The fraction of sp³-hybridized carbons (Fsp3) is 0.533. The Labute approximate surface area is 118 Å². The summed E-state index contributed by atoms with van der Waals surface area (Å²) in [6.45, 7) is 5.33. The molecule has 2 N–H and O–H groups in total. The van der Waals surface area contributed by atoms with Crippen LogP contribution >= 0.6 is 11.3 Å². The van der Waals surface area contributed by atoms with Gasteiger partial charge in [-0.05, 0) is 44.1 Å². The van der Waals surface area contributed by atoms with Gasteiger partial charge in [0, 0.05) is 18.2 Å². The van der Waals surface area contributed by atoms with Crippen molar-refractivity contribution in [2.45, 2.75) is 32.7 Å². The van der Waals surface area contributed by atoms with Crippen molar-refractivity contribution in [3.63, 3.8) is 0 Å². The van der Waals surface area contributed by atoms with Gasteiger partial charge >= 0.3 is 0 Å². The van der Waals surface area contributed by atoms with E-state index in [2.05, 4.69) is 25.7 Å². The maximum atomic E-state index is 12.6. The van der Waals surface area contributed by atoms with Gasteiger partial charge in [0.2, 0.25) is 0 Å². The highest BCUT2D eigenvalue weighted by molar-refractivity contribution is 7.12. The molecule has 2 rings (SSSR count). The average Bonchev–Trinajstić information content (AvgIpc) is 3.08. The van der Waals surface area contributed by atoms with Crippen molar-refractivity contribution in [1.82, 2.24) is 4.90 Å². The lowest BCUT2D eigenvalue weighted by Gasteiger charge is -2.26. The first kappa shape index (κ1) is 14.1. The van der Waals surface area contributed by atoms with Crippen molar-refractivity contribution in [3.8, 4) is 11.8 Å². The zero-order chi connectivity index (χ0) is 13.8. The van der Waals surface area contributed by atoms with E-state index in [4.69, 9.17) is 5.73 Å². The van der Waals surface area contributed by atoms with E-state index in [1.54, 1.807) is 0 Å². The van der Waals surface area contributed by atoms with Gasteiger partial charge in [-0.3, -0.25) is 4.79 Å². The standard InChI is InChI=1S/C15H20N2OS/c1-11(2)17(10-12-5-6-12)15(18)14-13(4-3-8-16)7-9-19-14/h7,9,11-12H,5-6,8,10,16H2,1-2H3. The van der Waals surface area contributed by atoms with Crippen LogP contribution in [0.15, 0.2) is 11.4 Å². The van der Waals surface area contributed by atoms with E-state index in [1.807, 2.05) is 16.3 Å². The Morgan fingerprint density at radius 3 is 2.89 bits per heavy atom. The van der Waals surface area contributed by atoms with Crippen LogP contribution in [0.1, 0.15) is 41.9 Å². The lowest BCUT2D eigenvalue weighted by Crippen LogP contribution is -2.38. The molecule has 0 radical (unpaired) electrons. The first-order valence-corrected chi connectivity index (χ1v) is 7.58. The summed E-state index contributed by atoms with van der Waals surface area (Å²) in [5.74, 6) is 6.61. The molecule has 102 valence electrons. The summed E-state index contributed by atoms with van der Waals surface area (Å²) in [4.78, 5) is 15.3. The van der Waals surface area contributed by atoms with Crippen molar-refractivity contribution < 1.29 is 4.79 Å². The van der Waals surface area contributed by atoms with Crippen LogP contribution in [0, 0.1) is 17.8 Å². The Morgan fingerprint density at radius 1 is 1.58 bits per heavy atom. The number of amides is 1. The van der Waals surface area contributed by atoms with Gasteiger partial charge < -0.3 is 10.6 Å². The third-order valence-corrected chi connectivity index (χ3v) is 4.12. The second-order valence-electron chi connectivity index (χ2n) is 5.16. The minimum absolute atomic E-state index is 0.109. The second kappa shape index (κ2) is 6.23. The summed E-state index contributed by atoms with van der Waals surface area (Å²) in [6.07, 6.45) is 2.50. The largest absolute Gasteiger partial charge is 0.335 e. The lowest BCUT2D eigenvalue weighted by atomic mass is 10.2. The van der Waals surface area contributed by atoms with Crippen molar-refractivity contribution >= 4 is 17.2 Å². The number of hydrogen-bond donors (Lipinski definition) is 1. The molecule has 0 saturated heterocycles. The number of hydrogen-bond acceptors (Lipinski definition) is 3. The molecule has 1 amide bonds. The van der Waals surface area contributed by atoms with Gasteiger partial charge in [0.25, 0.3) is 5.91 Å². The van der Waals surface area contributed by atoms with E-state index in [9.17, 15) is 4.79 Å². The molecule has 1 aromatic rings. The maximum Gasteiger partial charge on any atom is 0.265 e. The Morgan fingerprint density at radius 2 is 2.32 bits per heavy atom. The Bertz CT molecular complexity index is 506. The number of carbonyl (C=O) groups excluding carboxylic acids is 1. The maximum absolute atomic E-state index is 12.6. The fourth-order valence-corrected chi connectivity index (χ4v) is 2.76. The molecule has 4 heteroatoms. The molecule has 1 aromatic heterocycles. The topological polar surface area (TPSA) is 46.3 Å². The summed E-state index contributed by atoms with van der Waals surface area (Å²) in [5.41, 5.74) is 6.20. The van der Waals surface area contributed by atoms with E-state index in [0.29, 0.717) is 12.5 Å². The number of nitrogens with zero attached hydrogens (tertiary/aromatic N) is 1. The molecule has 3 nitrogen and oxygen atoms in total. The molecule has 1 aliphatic carbocycles. The van der Waals surface area contributed by atoms with Crippen LogP contribution in [0.25, 0.3) is 0 Å². The SMILES string of the molecule is CC(C)N(CC1CC1)C(=O)c1sccc1C#CCN. The monoisotopic (exact) mass is 276 g/mol. The van der Waals surface area contributed by atoms with E-state index < -0.39 is 0 Å². The molecule has 0 unspecified atom stereocenters. The minimum atomic E-state index is 0.109. The molecule has 1 fully saturated rings. The highest BCUT2D eigenvalue weighted by Crippen LogP contribution is 2.31. The third-order valence-electron chi connectivity index (χ3n) is 3.22. The van der Waals surface area contributed by atoms with Crippen LogP contribution in [0.5, 0.6) is 0 Å². The molecule has 0 atom stereocenters. The van der Waals surface area contributed by atoms with Gasteiger partial charge in [-0.25, -0.2) is 0 Å². The normalized spacial score (nSPS) is 14.1. The smallest absolute Gasteiger partial charge is 0.265 e. The molecule has 1 saturated carbocycles. The molecule has 1 heterocycles. The lowest BCUT2D eigenvalue weighted by molar-refractivity contribution is 0.0701. The molecule has 0 aliphatic heterocycles. The highest BCUT2D eigenvalue weighted by Gasteiger charge is 2.29. The van der Waals surface area contributed by atoms with E-state index in [1.165, 1.54) is 24.2 Å². The average molecular weight is 276 g/mol. The zero-order valence-corrected chi connectivity index (χ0v) is 12.3. The van der Waals surface area contributed by atoms with Crippen LogP contribution < -0.4 is 5.73 Å². The molecular weight excluding hydrogens is 256 g/mol. The second-order valence-corrected chi connectivity index (χ2v) is 6.08. The van der Waals surface area contributed by atoms with Gasteiger partial charge in [-0.15, -0.1) is 11.3 Å². The van der Waals surface area contributed by atoms with Crippen LogP contribution in [-0.2, 0) is 0 Å². The Balaban J connectivity index is 2.18. The van der Waals surface area contributed by atoms with Crippen molar-refractivity contribution in [2.24, 2.45) is 11.7 Å². The third kappa shape index (κ3) is 3.59. The van der Waals surface area contributed by atoms with Crippen LogP contribution in [0.2, 0.25) is 0 Å². The van der Waals surface area contributed by atoms with Gasteiger partial charge in [0.05, 0.1) is 6.54 Å². The zero-order valence-electron chi connectivity index (χ0n) is 11.5. The van der Waals surface area contributed by atoms with Crippen molar-refractivity contribution in [1.29, 1.82) is 0 Å². The number of carbonyl (C=O) groups is 1. The van der Waals surface area contributed by atoms with Crippen LogP contribution in [-0.4, -0.2) is 29.9 Å². The molecule has 0 bridgehead atoms. The van der Waals surface area contributed by atoms with Gasteiger partial charge in [0.15, 0.2) is 0 Å². The molecule has 1 aliphatic rings. The van der Waals surface area contributed by atoms with Gasteiger partial charge in [-0.2, -0.15) is 0 Å².